The summed E-state index contributed by atoms with van der Waals surface area (Å²) >= 11 is 0. The van der Waals surface area contributed by atoms with E-state index in [4.69, 9.17) is 15.0 Å². The molecule has 9 aromatic carbocycles. The summed E-state index contributed by atoms with van der Waals surface area (Å²) < 4.78 is 0. The van der Waals surface area contributed by atoms with Crippen LogP contribution >= 0.6 is 0 Å². The van der Waals surface area contributed by atoms with E-state index >= 15 is 0 Å². The SMILES string of the molecule is c1ccc(-c2cc(-c3ccccc3)nc(-c3ccc(-c4cc(-c5ccc6ccccc6c5)c5cc(-c6ccc7ccccc7c6)c6ccccc6c5n4)cc3)n2)cc1. The van der Waals surface area contributed by atoms with Gasteiger partial charge in [-0.2, -0.15) is 0 Å². The Bertz CT molecular complexity index is 3260. The molecule has 58 heavy (non-hydrogen) atoms. The van der Waals surface area contributed by atoms with E-state index < -0.39 is 0 Å². The second-order valence-corrected chi connectivity index (χ2v) is 14.8. The normalized spacial score (nSPS) is 11.4. The predicted octanol–water partition coefficient (Wildman–Crippen LogP) is 14.5. The molecule has 11 aromatic rings. The molecule has 0 N–H and O–H groups in total. The van der Waals surface area contributed by atoms with Crippen molar-refractivity contribution >= 4 is 43.2 Å². The molecule has 0 radical (unpaired) electrons. The Kier molecular flexibility index (Phi) is 8.15. The molecule has 270 valence electrons. The van der Waals surface area contributed by atoms with Crippen molar-refractivity contribution in [3.05, 3.63) is 212 Å². The van der Waals surface area contributed by atoms with Crippen LogP contribution in [-0.2, 0) is 0 Å². The zero-order valence-corrected chi connectivity index (χ0v) is 31.5. The fourth-order valence-electron chi connectivity index (χ4n) is 8.27. The molecule has 0 saturated carbocycles. The highest BCUT2D eigenvalue weighted by Gasteiger charge is 2.17. The van der Waals surface area contributed by atoms with E-state index in [-0.39, 0.29) is 0 Å². The first-order valence-corrected chi connectivity index (χ1v) is 19.7. The first-order chi connectivity index (χ1) is 28.7. The summed E-state index contributed by atoms with van der Waals surface area (Å²) in [7, 11) is 0. The Morgan fingerprint density at radius 1 is 0.241 bits per heavy atom. The highest BCUT2D eigenvalue weighted by atomic mass is 14.9. The Hall–Kier alpha value is -7.75. The second-order valence-electron chi connectivity index (χ2n) is 14.8. The van der Waals surface area contributed by atoms with Crippen LogP contribution in [0.15, 0.2) is 212 Å². The van der Waals surface area contributed by atoms with E-state index in [1.807, 2.05) is 36.4 Å². The second kappa shape index (κ2) is 14.1. The molecule has 2 heterocycles. The van der Waals surface area contributed by atoms with Crippen LogP contribution in [0, 0.1) is 0 Å². The average molecular weight is 738 g/mol. The average Bonchev–Trinajstić information content (AvgIpc) is 3.31. The number of hydrogen-bond donors (Lipinski definition) is 0. The van der Waals surface area contributed by atoms with Crippen molar-refractivity contribution < 1.29 is 0 Å². The zero-order valence-electron chi connectivity index (χ0n) is 31.5. The molecule has 0 atom stereocenters. The van der Waals surface area contributed by atoms with Crippen molar-refractivity contribution in [2.24, 2.45) is 0 Å². The number of pyridine rings is 1. The largest absolute Gasteiger partial charge is 0.247 e. The molecule has 0 aliphatic rings. The van der Waals surface area contributed by atoms with E-state index in [1.54, 1.807) is 0 Å². The molecule has 0 bridgehead atoms. The Morgan fingerprint density at radius 2 is 0.672 bits per heavy atom. The maximum absolute atomic E-state index is 5.49. The summed E-state index contributed by atoms with van der Waals surface area (Å²) in [6.07, 6.45) is 0. The number of hydrogen-bond acceptors (Lipinski definition) is 3. The lowest BCUT2D eigenvalue weighted by Crippen LogP contribution is -1.96. The monoisotopic (exact) mass is 737 g/mol. The molecule has 3 nitrogen and oxygen atoms in total. The summed E-state index contributed by atoms with van der Waals surface area (Å²) in [6, 6.07) is 75.3. The molecular weight excluding hydrogens is 703 g/mol. The van der Waals surface area contributed by atoms with Crippen LogP contribution in [-0.4, -0.2) is 15.0 Å². The number of benzene rings is 9. The summed E-state index contributed by atoms with van der Waals surface area (Å²) in [5, 5.41) is 8.32. The van der Waals surface area contributed by atoms with Gasteiger partial charge in [-0.3, -0.25) is 0 Å². The molecule has 0 amide bonds. The van der Waals surface area contributed by atoms with Gasteiger partial charge in [-0.1, -0.05) is 182 Å². The van der Waals surface area contributed by atoms with Gasteiger partial charge in [-0.05, 0) is 79.5 Å². The Morgan fingerprint density at radius 3 is 1.26 bits per heavy atom. The van der Waals surface area contributed by atoms with Gasteiger partial charge in [0.25, 0.3) is 0 Å². The molecular formula is C55H35N3. The van der Waals surface area contributed by atoms with Crippen LogP contribution in [0.4, 0.5) is 0 Å². The number of fused-ring (bicyclic) bond motifs is 5. The lowest BCUT2D eigenvalue weighted by atomic mass is 9.90. The Balaban J connectivity index is 1.09. The fourth-order valence-corrected chi connectivity index (χ4v) is 8.27. The van der Waals surface area contributed by atoms with Crippen molar-refractivity contribution in [2.45, 2.75) is 0 Å². The highest BCUT2D eigenvalue weighted by molar-refractivity contribution is 6.16. The quantitative estimate of drug-likeness (QED) is 0.160. The molecule has 0 aliphatic heterocycles. The number of rotatable bonds is 6. The van der Waals surface area contributed by atoms with Gasteiger partial charge >= 0.3 is 0 Å². The fraction of sp³-hybridized carbons (Fsp3) is 0. The standard InChI is InChI=1S/C55H35N3/c1-3-15-38(16-4-1)52-35-53(39-17-5-2-6-18-39)58-55(57-52)41-27-25-40(26-28-41)51-34-49(45-30-24-37-14-8-10-20-43(37)32-45)50-33-48(46-21-11-12-22-47(46)54(50)56-51)44-29-23-36-13-7-9-19-42(36)31-44/h1-35H. The number of aromatic nitrogens is 3. The van der Waals surface area contributed by atoms with Gasteiger partial charge in [-0.25, -0.2) is 15.0 Å². The summed E-state index contributed by atoms with van der Waals surface area (Å²) in [5.41, 5.74) is 12.4. The van der Waals surface area contributed by atoms with Crippen LogP contribution in [0.3, 0.4) is 0 Å². The van der Waals surface area contributed by atoms with Crippen LogP contribution in [0.1, 0.15) is 0 Å². The van der Waals surface area contributed by atoms with Crippen LogP contribution in [0.25, 0.3) is 111 Å². The van der Waals surface area contributed by atoms with E-state index in [2.05, 4.69) is 176 Å². The summed E-state index contributed by atoms with van der Waals surface area (Å²) in [6.45, 7) is 0. The lowest BCUT2D eigenvalue weighted by Gasteiger charge is -2.16. The highest BCUT2D eigenvalue weighted by Crippen LogP contribution is 2.41. The van der Waals surface area contributed by atoms with Crippen molar-refractivity contribution in [3.63, 3.8) is 0 Å². The van der Waals surface area contributed by atoms with Crippen LogP contribution < -0.4 is 0 Å². The molecule has 0 fully saturated rings. The first kappa shape index (κ1) is 33.6. The Labute approximate surface area is 336 Å². The third-order valence-electron chi connectivity index (χ3n) is 11.2. The van der Waals surface area contributed by atoms with E-state index in [0.29, 0.717) is 5.82 Å². The van der Waals surface area contributed by atoms with Gasteiger partial charge < -0.3 is 0 Å². The van der Waals surface area contributed by atoms with E-state index in [9.17, 15) is 0 Å². The topological polar surface area (TPSA) is 38.7 Å². The zero-order chi connectivity index (χ0) is 38.4. The minimum atomic E-state index is 0.683. The van der Waals surface area contributed by atoms with Crippen molar-refractivity contribution in [2.75, 3.05) is 0 Å². The van der Waals surface area contributed by atoms with Gasteiger partial charge in [0.1, 0.15) is 0 Å². The molecule has 0 saturated heterocycles. The molecule has 2 aromatic heterocycles. The summed E-state index contributed by atoms with van der Waals surface area (Å²) in [5.74, 6) is 0.683. The third kappa shape index (κ3) is 6.07. The summed E-state index contributed by atoms with van der Waals surface area (Å²) in [4.78, 5) is 15.6. The van der Waals surface area contributed by atoms with E-state index in [1.165, 1.54) is 38.1 Å². The maximum Gasteiger partial charge on any atom is 0.160 e. The first-order valence-electron chi connectivity index (χ1n) is 19.7. The van der Waals surface area contributed by atoms with Gasteiger partial charge in [0.2, 0.25) is 0 Å². The van der Waals surface area contributed by atoms with E-state index in [0.717, 1.165) is 66.8 Å². The lowest BCUT2D eigenvalue weighted by molar-refractivity contribution is 1.18. The molecule has 3 heteroatoms. The minimum absolute atomic E-state index is 0.683. The predicted molar refractivity (Wildman–Crippen MR) is 242 cm³/mol. The van der Waals surface area contributed by atoms with Crippen molar-refractivity contribution in [1.29, 1.82) is 0 Å². The van der Waals surface area contributed by atoms with Gasteiger partial charge in [-0.15, -0.1) is 0 Å². The van der Waals surface area contributed by atoms with Crippen molar-refractivity contribution in [3.8, 4) is 67.4 Å². The molecule has 0 aliphatic carbocycles. The number of nitrogens with zero attached hydrogens (tertiary/aromatic N) is 3. The third-order valence-corrected chi connectivity index (χ3v) is 11.2. The molecule has 0 spiro atoms. The van der Waals surface area contributed by atoms with Gasteiger partial charge in [0.15, 0.2) is 5.82 Å². The van der Waals surface area contributed by atoms with Gasteiger partial charge in [0.05, 0.1) is 22.6 Å². The van der Waals surface area contributed by atoms with Crippen molar-refractivity contribution in [1.82, 2.24) is 15.0 Å². The van der Waals surface area contributed by atoms with Crippen LogP contribution in [0.2, 0.25) is 0 Å². The maximum atomic E-state index is 5.49. The molecule has 11 rings (SSSR count). The van der Waals surface area contributed by atoms with Gasteiger partial charge in [0, 0.05) is 33.0 Å². The molecule has 0 unspecified atom stereocenters. The smallest absolute Gasteiger partial charge is 0.160 e. The minimum Gasteiger partial charge on any atom is -0.247 e. The van der Waals surface area contributed by atoms with Crippen LogP contribution in [0.5, 0.6) is 0 Å².